The van der Waals surface area contributed by atoms with Gasteiger partial charge in [0.25, 0.3) is 0 Å². The van der Waals surface area contributed by atoms with Crippen molar-refractivity contribution in [2.45, 2.75) is 78.5 Å². The molecule has 122 valence electrons. The highest BCUT2D eigenvalue weighted by Gasteiger charge is 2.22. The molecule has 0 aliphatic rings. The number of nitrogens with one attached hydrogen (secondary N) is 1. The van der Waals surface area contributed by atoms with Crippen LogP contribution in [0.5, 0.6) is 0 Å². The summed E-state index contributed by atoms with van der Waals surface area (Å²) >= 11 is 0. The molecule has 0 radical (unpaired) electrons. The van der Waals surface area contributed by atoms with Crippen molar-refractivity contribution < 1.29 is 4.74 Å². The molecule has 21 heavy (non-hydrogen) atoms. The molecular weight excluding hydrogens is 262 g/mol. The van der Waals surface area contributed by atoms with Gasteiger partial charge in [0.1, 0.15) is 0 Å². The molecule has 4 nitrogen and oxygen atoms in total. The Morgan fingerprint density at radius 1 is 1.24 bits per heavy atom. The van der Waals surface area contributed by atoms with Crippen LogP contribution in [0, 0.1) is 0 Å². The first-order valence-corrected chi connectivity index (χ1v) is 8.51. The number of aromatic nitrogens is 2. The van der Waals surface area contributed by atoms with Gasteiger partial charge >= 0.3 is 0 Å². The van der Waals surface area contributed by atoms with E-state index in [0.717, 1.165) is 44.5 Å². The van der Waals surface area contributed by atoms with Gasteiger partial charge in [-0.15, -0.1) is 0 Å². The van der Waals surface area contributed by atoms with Gasteiger partial charge < -0.3 is 10.1 Å². The van der Waals surface area contributed by atoms with Gasteiger partial charge in [0.2, 0.25) is 0 Å². The fourth-order valence-electron chi connectivity index (χ4n) is 2.56. The molecular formula is C17H33N3O. The van der Waals surface area contributed by atoms with Gasteiger partial charge in [0, 0.05) is 31.3 Å². The van der Waals surface area contributed by atoms with Crippen molar-refractivity contribution in [1.82, 2.24) is 15.1 Å². The van der Waals surface area contributed by atoms with Crippen LogP contribution in [0.4, 0.5) is 0 Å². The molecule has 0 bridgehead atoms. The Hall–Kier alpha value is -0.870. The molecule has 0 fully saturated rings. The van der Waals surface area contributed by atoms with Crippen LogP contribution in [0.3, 0.4) is 0 Å². The highest BCUT2D eigenvalue weighted by Crippen LogP contribution is 2.14. The number of hydrogen-bond donors (Lipinski definition) is 1. The summed E-state index contributed by atoms with van der Waals surface area (Å²) in [6.07, 6.45) is 6.67. The van der Waals surface area contributed by atoms with E-state index in [1.54, 1.807) is 0 Å². The average Bonchev–Trinajstić information content (AvgIpc) is 2.92. The zero-order chi connectivity index (χ0) is 15.7. The van der Waals surface area contributed by atoms with Gasteiger partial charge in [-0.3, -0.25) is 4.68 Å². The van der Waals surface area contributed by atoms with Crippen molar-refractivity contribution in [2.24, 2.45) is 0 Å². The molecule has 0 saturated heterocycles. The maximum atomic E-state index is 5.97. The summed E-state index contributed by atoms with van der Waals surface area (Å²) in [5.74, 6) is 0. The Labute approximate surface area is 130 Å². The van der Waals surface area contributed by atoms with Crippen molar-refractivity contribution >= 4 is 0 Å². The van der Waals surface area contributed by atoms with E-state index in [1.807, 2.05) is 4.68 Å². The number of ether oxygens (including phenoxy) is 1. The molecule has 4 heteroatoms. The van der Waals surface area contributed by atoms with E-state index in [9.17, 15) is 0 Å². The van der Waals surface area contributed by atoms with E-state index in [4.69, 9.17) is 4.74 Å². The normalized spacial score (nSPS) is 14.6. The molecule has 0 aliphatic heterocycles. The molecule has 0 spiro atoms. The Morgan fingerprint density at radius 3 is 2.52 bits per heavy atom. The highest BCUT2D eigenvalue weighted by molar-refractivity contribution is 5.03. The summed E-state index contributed by atoms with van der Waals surface area (Å²) in [4.78, 5) is 0. The molecule has 1 N–H and O–H groups in total. The van der Waals surface area contributed by atoms with Crippen LogP contribution in [0.25, 0.3) is 0 Å². The number of rotatable bonds is 11. The quantitative estimate of drug-likeness (QED) is 0.678. The van der Waals surface area contributed by atoms with Gasteiger partial charge in [0.15, 0.2) is 0 Å². The lowest BCUT2D eigenvalue weighted by Crippen LogP contribution is -2.43. The standard InChI is InChI=1S/C17H33N3O/c1-6-9-17(21-8-3)16(18-11-7-2)13-15-10-12-20(19-15)14(4)5/h10,12,14,16-18H,6-9,11,13H2,1-5H3. The predicted molar refractivity (Wildman–Crippen MR) is 88.7 cm³/mol. The van der Waals surface area contributed by atoms with Gasteiger partial charge in [0.05, 0.1) is 11.8 Å². The van der Waals surface area contributed by atoms with E-state index in [2.05, 4.69) is 57.3 Å². The molecule has 0 aliphatic carbocycles. The summed E-state index contributed by atoms with van der Waals surface area (Å²) in [7, 11) is 0. The first-order chi connectivity index (χ1) is 10.1. The van der Waals surface area contributed by atoms with Crippen LogP contribution in [-0.4, -0.2) is 35.1 Å². The predicted octanol–water partition coefficient (Wildman–Crippen LogP) is 3.58. The lowest BCUT2D eigenvalue weighted by Gasteiger charge is -2.27. The van der Waals surface area contributed by atoms with Crippen LogP contribution >= 0.6 is 0 Å². The number of nitrogens with zero attached hydrogens (tertiary/aromatic N) is 2. The highest BCUT2D eigenvalue weighted by atomic mass is 16.5. The molecule has 2 atom stereocenters. The second kappa shape index (κ2) is 9.96. The minimum Gasteiger partial charge on any atom is -0.377 e. The first-order valence-electron chi connectivity index (χ1n) is 8.51. The largest absolute Gasteiger partial charge is 0.377 e. The molecule has 1 aromatic heterocycles. The second-order valence-corrected chi connectivity index (χ2v) is 5.93. The lowest BCUT2D eigenvalue weighted by molar-refractivity contribution is 0.0279. The summed E-state index contributed by atoms with van der Waals surface area (Å²) in [6, 6.07) is 2.90. The second-order valence-electron chi connectivity index (χ2n) is 5.93. The fraction of sp³-hybridized carbons (Fsp3) is 0.824. The van der Waals surface area contributed by atoms with Gasteiger partial charge in [-0.1, -0.05) is 20.3 Å². The molecule has 0 aromatic carbocycles. The third kappa shape index (κ3) is 6.18. The van der Waals surface area contributed by atoms with Crippen LogP contribution in [0.1, 0.15) is 65.6 Å². The van der Waals surface area contributed by atoms with Crippen LogP contribution in [0.2, 0.25) is 0 Å². The molecule has 0 amide bonds. The van der Waals surface area contributed by atoms with Gasteiger partial charge in [-0.2, -0.15) is 5.10 Å². The smallest absolute Gasteiger partial charge is 0.0731 e. The van der Waals surface area contributed by atoms with Crippen molar-refractivity contribution in [2.75, 3.05) is 13.2 Å². The molecule has 2 unspecified atom stereocenters. The Morgan fingerprint density at radius 2 is 2.00 bits per heavy atom. The number of hydrogen-bond acceptors (Lipinski definition) is 3. The van der Waals surface area contributed by atoms with Crippen molar-refractivity contribution in [3.8, 4) is 0 Å². The average molecular weight is 295 g/mol. The molecule has 1 rings (SSSR count). The third-order valence-electron chi connectivity index (χ3n) is 3.68. The van der Waals surface area contributed by atoms with E-state index in [-0.39, 0.29) is 6.10 Å². The topological polar surface area (TPSA) is 39.1 Å². The fourth-order valence-corrected chi connectivity index (χ4v) is 2.56. The van der Waals surface area contributed by atoms with Gasteiger partial charge in [-0.25, -0.2) is 0 Å². The van der Waals surface area contributed by atoms with E-state index >= 15 is 0 Å². The summed E-state index contributed by atoms with van der Waals surface area (Å²) in [5.41, 5.74) is 1.15. The zero-order valence-corrected chi connectivity index (χ0v) is 14.4. The van der Waals surface area contributed by atoms with Crippen LogP contribution in [-0.2, 0) is 11.2 Å². The van der Waals surface area contributed by atoms with E-state index < -0.39 is 0 Å². The third-order valence-corrected chi connectivity index (χ3v) is 3.68. The zero-order valence-electron chi connectivity index (χ0n) is 14.4. The Kier molecular flexibility index (Phi) is 8.62. The summed E-state index contributed by atoms with van der Waals surface area (Å²) in [6.45, 7) is 12.6. The maximum Gasteiger partial charge on any atom is 0.0731 e. The monoisotopic (exact) mass is 295 g/mol. The SMILES string of the molecule is CCCNC(Cc1ccn(C(C)C)n1)C(CCC)OCC. The minimum atomic E-state index is 0.274. The maximum absolute atomic E-state index is 5.97. The van der Waals surface area contributed by atoms with Crippen molar-refractivity contribution in [3.63, 3.8) is 0 Å². The Balaban J connectivity index is 2.74. The van der Waals surface area contributed by atoms with Crippen molar-refractivity contribution in [3.05, 3.63) is 18.0 Å². The molecule has 1 heterocycles. The van der Waals surface area contributed by atoms with Gasteiger partial charge in [-0.05, 0) is 46.2 Å². The lowest BCUT2D eigenvalue weighted by atomic mass is 10.0. The van der Waals surface area contributed by atoms with Crippen molar-refractivity contribution in [1.29, 1.82) is 0 Å². The minimum absolute atomic E-state index is 0.274. The van der Waals surface area contributed by atoms with E-state index in [0.29, 0.717) is 12.1 Å². The summed E-state index contributed by atoms with van der Waals surface area (Å²) < 4.78 is 8.00. The molecule has 0 saturated carbocycles. The first kappa shape index (κ1) is 18.2. The summed E-state index contributed by atoms with van der Waals surface area (Å²) in [5, 5.41) is 8.33. The van der Waals surface area contributed by atoms with E-state index in [1.165, 1.54) is 0 Å². The van der Waals surface area contributed by atoms with Crippen LogP contribution in [0.15, 0.2) is 12.3 Å². The molecule has 1 aromatic rings. The van der Waals surface area contributed by atoms with Crippen LogP contribution < -0.4 is 5.32 Å². The Bertz CT molecular complexity index is 370.